The lowest BCUT2D eigenvalue weighted by Crippen LogP contribution is -2.25. The Morgan fingerprint density at radius 2 is 1.29 bits per heavy atom. The summed E-state index contributed by atoms with van der Waals surface area (Å²) in [6.45, 7) is 14.1. The summed E-state index contributed by atoms with van der Waals surface area (Å²) in [7, 11) is 0. The molecule has 0 saturated carbocycles. The van der Waals surface area contributed by atoms with Crippen molar-refractivity contribution in [2.45, 2.75) is 47.0 Å². The van der Waals surface area contributed by atoms with Crippen molar-refractivity contribution in [2.24, 2.45) is 0 Å². The highest BCUT2D eigenvalue weighted by molar-refractivity contribution is 7.26. The summed E-state index contributed by atoms with van der Waals surface area (Å²) in [4.78, 5) is 9.84. The SMILES string of the molecule is Cc1cc(C)c(N2CN(c3cc(Oc4ccc5c6ccccc6n(-c6cc(C(C)(C)C)ccn6)c5c4)cc4c3sc3ccccc34)c3ccccc32)c(C)c1. The van der Waals surface area contributed by atoms with Gasteiger partial charge in [-0.1, -0.05) is 87.0 Å². The molecule has 6 heteroatoms. The Kier molecular flexibility index (Phi) is 7.59. The van der Waals surface area contributed by atoms with E-state index in [0.29, 0.717) is 6.67 Å². The summed E-state index contributed by atoms with van der Waals surface area (Å²) >= 11 is 1.85. The molecule has 0 bridgehead atoms. The lowest BCUT2D eigenvalue weighted by atomic mass is 9.88. The third-order valence-electron chi connectivity index (χ3n) is 11.1. The second kappa shape index (κ2) is 12.5. The predicted molar refractivity (Wildman–Crippen MR) is 233 cm³/mol. The smallest absolute Gasteiger partial charge is 0.137 e. The van der Waals surface area contributed by atoms with Gasteiger partial charge in [0.2, 0.25) is 0 Å². The second-order valence-electron chi connectivity index (χ2n) is 15.9. The summed E-state index contributed by atoms with van der Waals surface area (Å²) < 4.78 is 11.8. The van der Waals surface area contributed by atoms with Crippen molar-refractivity contribution in [3.05, 3.63) is 156 Å². The maximum atomic E-state index is 6.96. The maximum absolute atomic E-state index is 6.96. The van der Waals surface area contributed by atoms with Crippen LogP contribution in [0.1, 0.15) is 43.0 Å². The average molecular weight is 735 g/mol. The predicted octanol–water partition coefficient (Wildman–Crippen LogP) is 13.8. The topological polar surface area (TPSA) is 33.5 Å². The number of ether oxygens (including phenoxy) is 1. The number of pyridine rings is 1. The number of rotatable bonds is 5. The van der Waals surface area contributed by atoms with Gasteiger partial charge in [0.15, 0.2) is 0 Å². The van der Waals surface area contributed by atoms with Gasteiger partial charge in [0, 0.05) is 50.3 Å². The zero-order chi connectivity index (χ0) is 37.6. The fourth-order valence-electron chi connectivity index (χ4n) is 8.66. The lowest BCUT2D eigenvalue weighted by Gasteiger charge is -2.26. The molecule has 0 N–H and O–H groups in total. The molecule has 55 heavy (non-hydrogen) atoms. The molecule has 0 saturated heterocycles. The molecule has 0 spiro atoms. The van der Waals surface area contributed by atoms with E-state index in [1.54, 1.807) is 0 Å². The van der Waals surface area contributed by atoms with Gasteiger partial charge in [-0.05, 0) is 97.5 Å². The molecule has 270 valence electrons. The van der Waals surface area contributed by atoms with E-state index in [2.05, 4.69) is 183 Å². The van der Waals surface area contributed by atoms with Gasteiger partial charge in [-0.25, -0.2) is 4.98 Å². The number of aromatic nitrogens is 2. The molecule has 1 aliphatic rings. The number of fused-ring (bicyclic) bond motifs is 7. The lowest BCUT2D eigenvalue weighted by molar-refractivity contribution is 0.484. The first-order valence-electron chi connectivity index (χ1n) is 19.0. The van der Waals surface area contributed by atoms with E-state index in [-0.39, 0.29) is 5.41 Å². The van der Waals surface area contributed by atoms with Gasteiger partial charge in [-0.15, -0.1) is 11.3 Å². The average Bonchev–Trinajstić information content (AvgIpc) is 3.84. The van der Waals surface area contributed by atoms with Crippen molar-refractivity contribution in [2.75, 3.05) is 16.5 Å². The Hall–Kier alpha value is -6.11. The number of nitrogens with zero attached hydrogens (tertiary/aromatic N) is 4. The molecule has 10 rings (SSSR count). The van der Waals surface area contributed by atoms with Crippen LogP contribution < -0.4 is 14.5 Å². The van der Waals surface area contributed by atoms with Crippen molar-refractivity contribution in [1.82, 2.24) is 9.55 Å². The zero-order valence-electron chi connectivity index (χ0n) is 32.0. The Bertz CT molecular complexity index is 2960. The van der Waals surface area contributed by atoms with Crippen molar-refractivity contribution in [1.29, 1.82) is 0 Å². The first-order chi connectivity index (χ1) is 26.6. The van der Waals surface area contributed by atoms with Gasteiger partial charge >= 0.3 is 0 Å². The third kappa shape index (κ3) is 5.46. The van der Waals surface area contributed by atoms with Crippen molar-refractivity contribution in [3.63, 3.8) is 0 Å². The molecular formula is C49H42N4OS. The number of thiophene rings is 1. The molecule has 0 atom stereocenters. The molecule has 0 fully saturated rings. The van der Waals surface area contributed by atoms with Gasteiger partial charge in [0.05, 0.1) is 32.8 Å². The van der Waals surface area contributed by atoms with Crippen molar-refractivity contribution in [3.8, 4) is 17.3 Å². The van der Waals surface area contributed by atoms with E-state index in [9.17, 15) is 0 Å². The molecule has 0 radical (unpaired) electrons. The van der Waals surface area contributed by atoms with E-state index in [1.807, 2.05) is 17.5 Å². The highest BCUT2D eigenvalue weighted by atomic mass is 32.1. The minimum atomic E-state index is -0.00240. The highest BCUT2D eigenvalue weighted by Crippen LogP contribution is 2.51. The fraction of sp³-hybridized carbons (Fsp3) is 0.163. The first kappa shape index (κ1) is 33.5. The van der Waals surface area contributed by atoms with Crippen LogP contribution in [-0.4, -0.2) is 16.2 Å². The number of anilines is 4. The first-order valence-corrected chi connectivity index (χ1v) is 19.8. The van der Waals surface area contributed by atoms with Crippen molar-refractivity contribution >= 4 is 76.1 Å². The van der Waals surface area contributed by atoms with Gasteiger partial charge in [0.25, 0.3) is 0 Å². The van der Waals surface area contributed by atoms with E-state index < -0.39 is 0 Å². The number of benzene rings is 6. The molecule has 0 unspecified atom stereocenters. The zero-order valence-corrected chi connectivity index (χ0v) is 32.8. The second-order valence-corrected chi connectivity index (χ2v) is 17.0. The van der Waals surface area contributed by atoms with Crippen LogP contribution >= 0.6 is 11.3 Å². The van der Waals surface area contributed by atoms with E-state index in [1.165, 1.54) is 70.3 Å². The van der Waals surface area contributed by atoms with Crippen LogP contribution in [0.4, 0.5) is 22.7 Å². The molecule has 3 aromatic heterocycles. The molecule has 5 nitrogen and oxygen atoms in total. The maximum Gasteiger partial charge on any atom is 0.137 e. The summed E-state index contributed by atoms with van der Waals surface area (Å²) in [5.41, 5.74) is 12.1. The van der Waals surface area contributed by atoms with Crippen LogP contribution in [0.25, 0.3) is 47.8 Å². The van der Waals surface area contributed by atoms with Crippen LogP contribution in [0.15, 0.2) is 134 Å². The van der Waals surface area contributed by atoms with E-state index in [0.717, 1.165) is 34.0 Å². The highest BCUT2D eigenvalue weighted by Gasteiger charge is 2.31. The minimum absolute atomic E-state index is 0.00240. The van der Waals surface area contributed by atoms with Crippen LogP contribution in [0.5, 0.6) is 11.5 Å². The van der Waals surface area contributed by atoms with Crippen LogP contribution in [0, 0.1) is 20.8 Å². The Morgan fingerprint density at radius 3 is 2.07 bits per heavy atom. The van der Waals surface area contributed by atoms with E-state index >= 15 is 0 Å². The molecule has 4 heterocycles. The van der Waals surface area contributed by atoms with Gasteiger partial charge < -0.3 is 14.5 Å². The molecular weight excluding hydrogens is 693 g/mol. The minimum Gasteiger partial charge on any atom is -0.457 e. The Balaban J connectivity index is 1.13. The van der Waals surface area contributed by atoms with E-state index in [4.69, 9.17) is 9.72 Å². The monoisotopic (exact) mass is 734 g/mol. The quantitative estimate of drug-likeness (QED) is 0.176. The van der Waals surface area contributed by atoms with Gasteiger partial charge in [0.1, 0.15) is 24.0 Å². The number of aryl methyl sites for hydroxylation is 3. The van der Waals surface area contributed by atoms with Crippen LogP contribution in [-0.2, 0) is 5.41 Å². The third-order valence-corrected chi connectivity index (χ3v) is 12.3. The van der Waals surface area contributed by atoms with Crippen molar-refractivity contribution < 1.29 is 4.74 Å². The molecule has 1 aliphatic heterocycles. The van der Waals surface area contributed by atoms with Gasteiger partial charge in [-0.2, -0.15) is 0 Å². The molecule has 6 aromatic carbocycles. The normalized spacial score (nSPS) is 13.1. The summed E-state index contributed by atoms with van der Waals surface area (Å²) in [6, 6.07) is 45.9. The van der Waals surface area contributed by atoms with Gasteiger partial charge in [-0.3, -0.25) is 4.57 Å². The Morgan fingerprint density at radius 1 is 0.600 bits per heavy atom. The summed E-state index contributed by atoms with van der Waals surface area (Å²) in [5, 5.41) is 4.80. The molecule has 0 aliphatic carbocycles. The van der Waals surface area contributed by atoms with Crippen LogP contribution in [0.2, 0.25) is 0 Å². The number of para-hydroxylation sites is 3. The number of hydrogen-bond donors (Lipinski definition) is 0. The summed E-state index contributed by atoms with van der Waals surface area (Å²) in [6.07, 6.45) is 1.93. The fourth-order valence-corrected chi connectivity index (χ4v) is 9.86. The molecule has 9 aromatic rings. The van der Waals surface area contributed by atoms with Crippen LogP contribution in [0.3, 0.4) is 0 Å². The molecule has 0 amide bonds. The summed E-state index contributed by atoms with van der Waals surface area (Å²) in [5.74, 6) is 2.49. The largest absolute Gasteiger partial charge is 0.457 e. The Labute approximate surface area is 325 Å². The standard InChI is InChI=1S/C49H42N4OS/c1-30-23-31(2)47(32(3)24-30)52-29-51(41-16-10-11-17-42(41)52)44-28-35(26-39-38-14-8-12-18-45(38)55-48(39)44)54-34-19-20-37-36-13-7-9-15-40(36)53(43(37)27-34)46-25-33(21-22-50-46)49(4,5)6/h7-28H,29H2,1-6H3. The number of hydrogen-bond acceptors (Lipinski definition) is 5.